The third kappa shape index (κ3) is 7.22. The first-order valence-electron chi connectivity index (χ1n) is 15.1. The number of rotatable bonds is 13. The molecular formula is C34H39NO7. The van der Waals surface area contributed by atoms with E-state index in [9.17, 15) is 9.59 Å². The summed E-state index contributed by atoms with van der Waals surface area (Å²) in [6.07, 6.45) is 7.21. The van der Waals surface area contributed by atoms with Crippen LogP contribution in [0.2, 0.25) is 0 Å². The van der Waals surface area contributed by atoms with Crippen LogP contribution in [0.4, 0.5) is 0 Å². The highest BCUT2D eigenvalue weighted by molar-refractivity contribution is 5.96. The second-order valence-corrected chi connectivity index (χ2v) is 10.7. The Labute approximate surface area is 246 Å². The van der Waals surface area contributed by atoms with Gasteiger partial charge in [-0.25, -0.2) is 4.98 Å². The number of hydrogen-bond donors (Lipinski definition) is 0. The Hall–Kier alpha value is -4.07. The van der Waals surface area contributed by atoms with Crippen molar-refractivity contribution >= 4 is 33.8 Å². The number of hydrogen-bond acceptors (Lipinski definition) is 8. The summed E-state index contributed by atoms with van der Waals surface area (Å²) in [5.74, 6) is 0.636. The number of aromatic nitrogens is 1. The molecule has 0 bridgehead atoms. The molecule has 42 heavy (non-hydrogen) atoms. The summed E-state index contributed by atoms with van der Waals surface area (Å²) in [6.45, 7) is 4.94. The molecule has 1 aromatic heterocycles. The maximum absolute atomic E-state index is 12.2. The average molecular weight is 574 g/mol. The number of benzene rings is 3. The highest BCUT2D eigenvalue weighted by Crippen LogP contribution is 2.34. The molecule has 0 saturated heterocycles. The lowest BCUT2D eigenvalue weighted by atomic mass is 9.90. The molecule has 5 rings (SSSR count). The number of nitrogens with zero attached hydrogens (tertiary/aromatic N) is 1. The SMILES string of the molecule is CCOC(=O)C(CCCOc1ccc2c(-c3nc4ccc(OCC5CCCCC5)cc4o3)cccc2c1)C(=O)OCC. The molecule has 0 amide bonds. The van der Waals surface area contributed by atoms with Gasteiger partial charge in [0, 0.05) is 11.6 Å². The highest BCUT2D eigenvalue weighted by atomic mass is 16.6. The Morgan fingerprint density at radius 2 is 1.64 bits per heavy atom. The van der Waals surface area contributed by atoms with Crippen molar-refractivity contribution in [2.75, 3.05) is 26.4 Å². The first kappa shape index (κ1) is 29.4. The van der Waals surface area contributed by atoms with Gasteiger partial charge in [0.05, 0.1) is 26.4 Å². The summed E-state index contributed by atoms with van der Waals surface area (Å²) < 4.78 is 28.3. The summed E-state index contributed by atoms with van der Waals surface area (Å²) in [6, 6.07) is 17.7. The summed E-state index contributed by atoms with van der Waals surface area (Å²) in [4.78, 5) is 29.1. The van der Waals surface area contributed by atoms with Crippen molar-refractivity contribution in [1.82, 2.24) is 4.98 Å². The minimum absolute atomic E-state index is 0.212. The second-order valence-electron chi connectivity index (χ2n) is 10.7. The first-order chi connectivity index (χ1) is 20.6. The number of oxazole rings is 1. The normalized spacial score (nSPS) is 13.9. The summed E-state index contributed by atoms with van der Waals surface area (Å²) in [7, 11) is 0. The summed E-state index contributed by atoms with van der Waals surface area (Å²) >= 11 is 0. The van der Waals surface area contributed by atoms with Crippen LogP contribution in [0, 0.1) is 11.8 Å². The van der Waals surface area contributed by atoms with Crippen molar-refractivity contribution in [3.8, 4) is 23.0 Å². The monoisotopic (exact) mass is 573 g/mol. The number of carbonyl (C=O) groups is 2. The molecule has 1 saturated carbocycles. The zero-order valence-electron chi connectivity index (χ0n) is 24.4. The lowest BCUT2D eigenvalue weighted by molar-refractivity contribution is -0.162. The second kappa shape index (κ2) is 14.2. The largest absolute Gasteiger partial charge is 0.494 e. The molecule has 0 aliphatic heterocycles. The van der Waals surface area contributed by atoms with Gasteiger partial charge in [-0.15, -0.1) is 0 Å². The molecule has 4 aromatic rings. The molecule has 0 atom stereocenters. The van der Waals surface area contributed by atoms with Gasteiger partial charge in [-0.2, -0.15) is 0 Å². The van der Waals surface area contributed by atoms with Gasteiger partial charge in [-0.1, -0.05) is 31.4 Å². The molecule has 0 N–H and O–H groups in total. The van der Waals surface area contributed by atoms with E-state index in [1.54, 1.807) is 13.8 Å². The first-order valence-corrected chi connectivity index (χ1v) is 15.1. The number of ether oxygens (including phenoxy) is 4. The molecule has 8 heteroatoms. The zero-order valence-corrected chi connectivity index (χ0v) is 24.4. The van der Waals surface area contributed by atoms with E-state index >= 15 is 0 Å². The fourth-order valence-electron chi connectivity index (χ4n) is 5.51. The van der Waals surface area contributed by atoms with Crippen LogP contribution in [0.1, 0.15) is 58.8 Å². The van der Waals surface area contributed by atoms with Gasteiger partial charge in [0.2, 0.25) is 5.89 Å². The quantitative estimate of drug-likeness (QED) is 0.0921. The van der Waals surface area contributed by atoms with Gasteiger partial charge in [0.1, 0.15) is 17.0 Å². The molecular weight excluding hydrogens is 534 g/mol. The molecule has 1 aliphatic carbocycles. The van der Waals surface area contributed by atoms with Crippen LogP contribution in [0.3, 0.4) is 0 Å². The van der Waals surface area contributed by atoms with Gasteiger partial charge in [0.25, 0.3) is 0 Å². The number of fused-ring (bicyclic) bond motifs is 2. The van der Waals surface area contributed by atoms with Crippen LogP contribution in [0.5, 0.6) is 11.5 Å². The summed E-state index contributed by atoms with van der Waals surface area (Å²) in [5, 5.41) is 1.98. The Kier molecular flexibility index (Phi) is 9.95. The number of carbonyl (C=O) groups excluding carboxylic acids is 2. The average Bonchev–Trinajstić information content (AvgIpc) is 3.43. The smallest absolute Gasteiger partial charge is 0.320 e. The third-order valence-corrected chi connectivity index (χ3v) is 7.70. The van der Waals surface area contributed by atoms with E-state index in [-0.39, 0.29) is 13.2 Å². The Bertz CT molecular complexity index is 1490. The fourth-order valence-corrected chi connectivity index (χ4v) is 5.51. The van der Waals surface area contributed by atoms with Crippen LogP contribution < -0.4 is 9.47 Å². The van der Waals surface area contributed by atoms with Gasteiger partial charge in [-0.05, 0) is 92.6 Å². The predicted molar refractivity (Wildman–Crippen MR) is 161 cm³/mol. The van der Waals surface area contributed by atoms with Crippen molar-refractivity contribution in [2.45, 2.75) is 58.8 Å². The van der Waals surface area contributed by atoms with E-state index in [0.29, 0.717) is 42.6 Å². The van der Waals surface area contributed by atoms with Crippen molar-refractivity contribution in [3.63, 3.8) is 0 Å². The Morgan fingerprint density at radius 1 is 0.905 bits per heavy atom. The molecule has 1 fully saturated rings. The maximum atomic E-state index is 12.2. The van der Waals surface area contributed by atoms with E-state index in [0.717, 1.165) is 34.2 Å². The highest BCUT2D eigenvalue weighted by Gasteiger charge is 2.29. The van der Waals surface area contributed by atoms with Crippen LogP contribution >= 0.6 is 0 Å². The minimum atomic E-state index is -0.941. The van der Waals surface area contributed by atoms with E-state index in [2.05, 4.69) is 0 Å². The van der Waals surface area contributed by atoms with Crippen molar-refractivity contribution in [1.29, 1.82) is 0 Å². The molecule has 0 radical (unpaired) electrons. The fraction of sp³-hybridized carbons (Fsp3) is 0.441. The standard InChI is InChI=1S/C34H39NO7/c1-3-38-33(36)29(34(37)39-4-2)14-9-19-40-25-15-17-27-24(20-25)12-8-13-28(27)32-35-30-18-16-26(21-31(30)42-32)41-22-23-10-6-5-7-11-23/h8,12-13,15-18,20-21,23,29H,3-7,9-11,14,19,22H2,1-2H3. The molecule has 0 spiro atoms. The molecule has 1 heterocycles. The van der Waals surface area contributed by atoms with Gasteiger partial charge in [-0.3, -0.25) is 9.59 Å². The van der Waals surface area contributed by atoms with Crippen molar-refractivity contribution in [2.24, 2.45) is 11.8 Å². The number of esters is 2. The minimum Gasteiger partial charge on any atom is -0.494 e. The molecule has 8 nitrogen and oxygen atoms in total. The maximum Gasteiger partial charge on any atom is 0.320 e. The van der Waals surface area contributed by atoms with Crippen LogP contribution in [0.15, 0.2) is 59.0 Å². The topological polar surface area (TPSA) is 97.1 Å². The van der Waals surface area contributed by atoms with E-state index in [1.807, 2.05) is 54.6 Å². The van der Waals surface area contributed by atoms with Crippen LogP contribution in [-0.2, 0) is 19.1 Å². The Balaban J connectivity index is 1.23. The molecule has 3 aromatic carbocycles. The Morgan fingerprint density at radius 3 is 2.40 bits per heavy atom. The van der Waals surface area contributed by atoms with Gasteiger partial charge in [0.15, 0.2) is 11.5 Å². The third-order valence-electron chi connectivity index (χ3n) is 7.70. The molecule has 222 valence electrons. The lowest BCUT2D eigenvalue weighted by Gasteiger charge is -2.21. The van der Waals surface area contributed by atoms with Crippen molar-refractivity contribution in [3.05, 3.63) is 54.6 Å². The van der Waals surface area contributed by atoms with Crippen molar-refractivity contribution < 1.29 is 33.0 Å². The van der Waals surface area contributed by atoms with Gasteiger partial charge >= 0.3 is 11.9 Å². The molecule has 1 aliphatic rings. The van der Waals surface area contributed by atoms with Crippen LogP contribution in [0.25, 0.3) is 33.3 Å². The summed E-state index contributed by atoms with van der Waals surface area (Å²) in [5.41, 5.74) is 2.38. The zero-order chi connectivity index (χ0) is 29.3. The van der Waals surface area contributed by atoms with E-state index in [4.69, 9.17) is 28.3 Å². The van der Waals surface area contributed by atoms with E-state index < -0.39 is 17.9 Å². The van der Waals surface area contributed by atoms with Crippen LogP contribution in [-0.4, -0.2) is 43.4 Å². The molecule has 0 unspecified atom stereocenters. The predicted octanol–water partition coefficient (Wildman–Crippen LogP) is 7.51. The van der Waals surface area contributed by atoms with E-state index in [1.165, 1.54) is 32.1 Å². The lowest BCUT2D eigenvalue weighted by Crippen LogP contribution is -2.28. The van der Waals surface area contributed by atoms with Gasteiger partial charge < -0.3 is 23.4 Å².